The van der Waals surface area contributed by atoms with Crippen molar-refractivity contribution in [3.05, 3.63) is 56.1 Å². The van der Waals surface area contributed by atoms with Crippen LogP contribution in [0, 0.1) is 27.7 Å². The Kier molecular flexibility index (Phi) is 14.6. The maximum absolute atomic E-state index is 10.7. The van der Waals surface area contributed by atoms with Crippen LogP contribution in [0.2, 0.25) is 0 Å². The zero-order chi connectivity index (χ0) is 21.1. The second kappa shape index (κ2) is 14.3. The second-order valence-electron chi connectivity index (χ2n) is 5.66. The third-order valence-electron chi connectivity index (χ3n) is 4.09. The number of hydrogen-bond acceptors (Lipinski definition) is 6. The molecule has 0 heterocycles. The zero-order valence-electron chi connectivity index (χ0n) is 16.2. The summed E-state index contributed by atoms with van der Waals surface area (Å²) < 4.78 is 11.0. The summed E-state index contributed by atoms with van der Waals surface area (Å²) in [4.78, 5) is 21.2. The third kappa shape index (κ3) is 7.37. The van der Waals surface area contributed by atoms with Crippen molar-refractivity contribution in [3.8, 4) is 11.5 Å². The van der Waals surface area contributed by atoms with Crippen molar-refractivity contribution in [2.24, 2.45) is 0 Å². The summed E-state index contributed by atoms with van der Waals surface area (Å²) in [6.45, 7) is 7.86. The van der Waals surface area contributed by atoms with Gasteiger partial charge in [0.2, 0.25) is 0 Å². The van der Waals surface area contributed by atoms with Gasteiger partial charge in [0.15, 0.2) is 6.29 Å². The maximum Gasteiger partial charge on any atom is 0.151 e. The fourth-order valence-electron chi connectivity index (χ4n) is 2.34. The Balaban J connectivity index is 0. The fourth-order valence-corrected chi connectivity index (χ4v) is 3.01. The molecule has 7 heteroatoms. The van der Waals surface area contributed by atoms with Crippen molar-refractivity contribution in [1.82, 2.24) is 0 Å². The first-order valence-electron chi connectivity index (χ1n) is 7.86. The number of methoxy groups -OCH3 is 2. The van der Waals surface area contributed by atoms with E-state index in [-0.39, 0.29) is 7.43 Å². The molecule has 0 saturated heterocycles. The van der Waals surface area contributed by atoms with E-state index in [0.717, 1.165) is 50.8 Å². The molecule has 0 unspecified atom stereocenters. The van der Waals surface area contributed by atoms with Gasteiger partial charge in [0.1, 0.15) is 17.8 Å². The molecule has 2 aromatic carbocycles. The molecular weight excluding hydrogens is 460 g/mol. The Bertz CT molecular complexity index is 808. The van der Waals surface area contributed by atoms with Crippen LogP contribution in [0.15, 0.2) is 22.7 Å². The average Bonchev–Trinajstić information content (AvgIpc) is 2.69. The maximum atomic E-state index is 10.7. The van der Waals surface area contributed by atoms with Crippen LogP contribution in [0.3, 0.4) is 0 Å². The molecule has 0 atom stereocenters. The Hall–Kier alpha value is -1.70. The minimum Gasteiger partial charge on any atom is -0.496 e. The molecule has 0 saturated carbocycles. The molecule has 4 nitrogen and oxygen atoms in total. The van der Waals surface area contributed by atoms with Crippen LogP contribution in [-0.4, -0.2) is 26.8 Å². The summed E-state index contributed by atoms with van der Waals surface area (Å²) in [6, 6.07) is 5.44. The normalized spacial score (nSPS) is 8.82. The van der Waals surface area contributed by atoms with E-state index in [2.05, 4.69) is 38.3 Å². The Morgan fingerprint density at radius 3 is 1.82 bits per heavy atom. The number of rotatable bonds is 4. The van der Waals surface area contributed by atoms with Gasteiger partial charge in [0, 0.05) is 33.5 Å². The number of hydrogen-bond donors (Lipinski definition) is 0. The predicted octanol–water partition coefficient (Wildman–Crippen LogP) is 5.64. The molecule has 0 radical (unpaired) electrons. The lowest BCUT2D eigenvalue weighted by molar-refractivity contribution is 0.111. The number of halogens is 1. The molecule has 0 bridgehead atoms. The number of carbonyl (C=O) groups excluding carboxylic acids is 2. The largest absolute Gasteiger partial charge is 0.496 e. The summed E-state index contributed by atoms with van der Waals surface area (Å²) in [5.41, 5.74) is 5.57. The van der Waals surface area contributed by atoms with Crippen LogP contribution in [0.1, 0.15) is 50.4 Å². The van der Waals surface area contributed by atoms with E-state index < -0.39 is 0 Å². The standard InChI is InChI=1S/C10H11BrO2.C10H12O2.CH4.S2/c1-6-4-8(5-12)9(11)10(13-3)7(6)2;1-7-4-9(6-11)5-10(12-3)8(7)2;;1-2/h4-5H,1-3H3;4-6H,1-3H3;1H4;. The highest BCUT2D eigenvalue weighted by atomic mass is 79.9. The van der Waals surface area contributed by atoms with E-state index in [9.17, 15) is 9.59 Å². The van der Waals surface area contributed by atoms with Gasteiger partial charge >= 0.3 is 0 Å². The number of aldehydes is 2. The number of carbonyl (C=O) groups is 2. The minimum atomic E-state index is 0. The van der Waals surface area contributed by atoms with Crippen molar-refractivity contribution >= 4 is 50.9 Å². The topological polar surface area (TPSA) is 52.6 Å². The van der Waals surface area contributed by atoms with Gasteiger partial charge in [-0.1, -0.05) is 7.43 Å². The van der Waals surface area contributed by atoms with Crippen LogP contribution in [-0.2, 0) is 22.4 Å². The molecule has 0 aliphatic heterocycles. The summed E-state index contributed by atoms with van der Waals surface area (Å²) in [6.07, 6.45) is 1.65. The Morgan fingerprint density at radius 2 is 1.39 bits per heavy atom. The van der Waals surface area contributed by atoms with E-state index in [4.69, 9.17) is 9.47 Å². The molecule has 28 heavy (non-hydrogen) atoms. The third-order valence-corrected chi connectivity index (χ3v) is 4.90. The van der Waals surface area contributed by atoms with Gasteiger partial charge < -0.3 is 9.47 Å². The molecule has 2 rings (SSSR count). The molecule has 0 aromatic heterocycles. The van der Waals surface area contributed by atoms with Crippen molar-refractivity contribution in [2.45, 2.75) is 35.1 Å². The van der Waals surface area contributed by atoms with E-state index in [1.165, 1.54) is 0 Å². The molecule has 0 fully saturated rings. The molecule has 2 aromatic rings. The van der Waals surface area contributed by atoms with Crippen molar-refractivity contribution in [2.75, 3.05) is 14.2 Å². The van der Waals surface area contributed by atoms with Crippen LogP contribution in [0.4, 0.5) is 0 Å². The average molecular weight is 487 g/mol. The lowest BCUT2D eigenvalue weighted by atomic mass is 10.1. The molecule has 0 spiro atoms. The number of ether oxygens (including phenoxy) is 2. The van der Waals surface area contributed by atoms with Crippen LogP contribution >= 0.6 is 15.9 Å². The highest BCUT2D eigenvalue weighted by Crippen LogP contribution is 2.33. The second-order valence-corrected chi connectivity index (χ2v) is 6.45. The van der Waals surface area contributed by atoms with E-state index >= 15 is 0 Å². The van der Waals surface area contributed by atoms with E-state index in [1.54, 1.807) is 20.3 Å². The van der Waals surface area contributed by atoms with Gasteiger partial charge in [-0.15, -0.1) is 0 Å². The van der Waals surface area contributed by atoms with Crippen molar-refractivity contribution in [3.63, 3.8) is 0 Å². The molecule has 0 N–H and O–H groups in total. The summed E-state index contributed by atoms with van der Waals surface area (Å²) in [7, 11) is 3.21. The molecule has 0 amide bonds. The predicted molar refractivity (Wildman–Crippen MR) is 125 cm³/mol. The van der Waals surface area contributed by atoms with Gasteiger partial charge in [0.05, 0.1) is 18.7 Å². The van der Waals surface area contributed by atoms with Gasteiger partial charge in [-0.3, -0.25) is 9.59 Å². The molecule has 0 aliphatic rings. The highest BCUT2D eigenvalue weighted by Gasteiger charge is 2.11. The summed E-state index contributed by atoms with van der Waals surface area (Å²) >= 11 is 10.7. The number of benzene rings is 2. The van der Waals surface area contributed by atoms with Crippen molar-refractivity contribution < 1.29 is 19.1 Å². The first-order valence-corrected chi connectivity index (χ1v) is 9.99. The van der Waals surface area contributed by atoms with Gasteiger partial charge in [-0.25, -0.2) is 0 Å². The quantitative estimate of drug-likeness (QED) is 0.520. The number of aryl methyl sites for hydroxylation is 2. The SMILES string of the molecule is C.COc1c(C)c(C)cc(C=O)c1Br.COc1cc(C=O)cc(C)c1C.S=S. The van der Waals surface area contributed by atoms with Crippen LogP contribution in [0.5, 0.6) is 11.5 Å². The van der Waals surface area contributed by atoms with Crippen LogP contribution < -0.4 is 9.47 Å². The summed E-state index contributed by atoms with van der Waals surface area (Å²) in [5.74, 6) is 1.51. The zero-order valence-corrected chi connectivity index (χ0v) is 19.4. The van der Waals surface area contributed by atoms with E-state index in [1.807, 2.05) is 39.8 Å². The van der Waals surface area contributed by atoms with Gasteiger partial charge in [0.25, 0.3) is 0 Å². The fraction of sp³-hybridized carbons (Fsp3) is 0.333. The lowest BCUT2D eigenvalue weighted by Crippen LogP contribution is -1.95. The summed E-state index contributed by atoms with van der Waals surface area (Å²) in [5, 5.41) is 0. The molecular formula is C21H27BrO4S2. The lowest BCUT2D eigenvalue weighted by Gasteiger charge is -2.11. The molecule has 154 valence electrons. The first-order chi connectivity index (χ1) is 12.8. The Labute approximate surface area is 186 Å². The monoisotopic (exact) mass is 486 g/mol. The van der Waals surface area contributed by atoms with Gasteiger partial charge in [-0.05, 0) is 84.1 Å². The van der Waals surface area contributed by atoms with Crippen LogP contribution in [0.25, 0.3) is 0 Å². The first kappa shape index (κ1) is 28.5. The van der Waals surface area contributed by atoms with Gasteiger partial charge in [-0.2, -0.15) is 0 Å². The smallest absolute Gasteiger partial charge is 0.151 e. The van der Waals surface area contributed by atoms with Crippen molar-refractivity contribution in [1.29, 1.82) is 0 Å². The Morgan fingerprint density at radius 1 is 0.857 bits per heavy atom. The molecule has 0 aliphatic carbocycles. The highest BCUT2D eigenvalue weighted by molar-refractivity contribution is 9.10. The minimum absolute atomic E-state index is 0. The van der Waals surface area contributed by atoms with E-state index in [0.29, 0.717) is 11.1 Å².